The summed E-state index contributed by atoms with van der Waals surface area (Å²) in [4.78, 5) is 0. The Labute approximate surface area is 115 Å². The third-order valence-electron chi connectivity index (χ3n) is 4.59. The predicted molar refractivity (Wildman–Crippen MR) is 82.0 cm³/mol. The zero-order valence-electron chi connectivity index (χ0n) is 12.8. The van der Waals surface area contributed by atoms with E-state index >= 15 is 0 Å². The summed E-state index contributed by atoms with van der Waals surface area (Å²) < 4.78 is 0. The van der Waals surface area contributed by atoms with Gasteiger partial charge in [-0.3, -0.25) is 0 Å². The van der Waals surface area contributed by atoms with E-state index in [9.17, 15) is 0 Å². The van der Waals surface area contributed by atoms with E-state index in [1.54, 1.807) is 0 Å². The summed E-state index contributed by atoms with van der Waals surface area (Å²) in [6.07, 6.45) is 16.0. The standard InChI is InChI=1S/C17H35N/c1-3-5-6-7-8-9-10-11-16-12-13-17(16)15-18-14-4-2/h16-18H,3-15H2,1-2H3. The van der Waals surface area contributed by atoms with E-state index in [4.69, 9.17) is 0 Å². The van der Waals surface area contributed by atoms with E-state index in [2.05, 4.69) is 19.2 Å². The van der Waals surface area contributed by atoms with Gasteiger partial charge in [0.25, 0.3) is 0 Å². The van der Waals surface area contributed by atoms with Crippen LogP contribution in [0.1, 0.15) is 84.5 Å². The van der Waals surface area contributed by atoms with Crippen molar-refractivity contribution in [2.24, 2.45) is 11.8 Å². The predicted octanol–water partition coefficient (Wildman–Crippen LogP) is 5.15. The molecule has 0 aliphatic heterocycles. The number of unbranched alkanes of at least 4 members (excludes halogenated alkanes) is 6. The third-order valence-corrected chi connectivity index (χ3v) is 4.59. The molecule has 0 radical (unpaired) electrons. The molecule has 108 valence electrons. The summed E-state index contributed by atoms with van der Waals surface area (Å²) in [6.45, 7) is 7.04. The van der Waals surface area contributed by atoms with Crippen molar-refractivity contribution in [1.82, 2.24) is 5.32 Å². The Hall–Kier alpha value is -0.0400. The summed E-state index contributed by atoms with van der Waals surface area (Å²) in [7, 11) is 0. The fourth-order valence-corrected chi connectivity index (χ4v) is 3.11. The van der Waals surface area contributed by atoms with Crippen LogP contribution in [0, 0.1) is 11.8 Å². The van der Waals surface area contributed by atoms with E-state index in [1.165, 1.54) is 83.7 Å². The van der Waals surface area contributed by atoms with Crippen LogP contribution in [-0.2, 0) is 0 Å². The summed E-state index contributed by atoms with van der Waals surface area (Å²) in [5.41, 5.74) is 0. The summed E-state index contributed by atoms with van der Waals surface area (Å²) in [5, 5.41) is 3.59. The topological polar surface area (TPSA) is 12.0 Å². The van der Waals surface area contributed by atoms with Crippen LogP contribution in [0.3, 0.4) is 0 Å². The van der Waals surface area contributed by atoms with Crippen LogP contribution in [0.4, 0.5) is 0 Å². The second-order valence-electron chi connectivity index (χ2n) is 6.21. The van der Waals surface area contributed by atoms with E-state index < -0.39 is 0 Å². The van der Waals surface area contributed by atoms with Crippen molar-refractivity contribution >= 4 is 0 Å². The first-order valence-corrected chi connectivity index (χ1v) is 8.59. The van der Waals surface area contributed by atoms with Gasteiger partial charge in [-0.1, -0.05) is 65.2 Å². The van der Waals surface area contributed by atoms with Crippen LogP contribution in [-0.4, -0.2) is 13.1 Å². The van der Waals surface area contributed by atoms with Crippen LogP contribution in [0.25, 0.3) is 0 Å². The molecule has 0 saturated heterocycles. The second kappa shape index (κ2) is 10.8. The minimum atomic E-state index is 1.01. The molecule has 1 nitrogen and oxygen atoms in total. The molecule has 0 aromatic heterocycles. The first-order chi connectivity index (χ1) is 8.88. The maximum atomic E-state index is 3.59. The first-order valence-electron chi connectivity index (χ1n) is 8.59. The zero-order chi connectivity index (χ0) is 13.1. The Morgan fingerprint density at radius 2 is 1.44 bits per heavy atom. The molecule has 18 heavy (non-hydrogen) atoms. The molecular weight excluding hydrogens is 218 g/mol. The number of rotatable bonds is 12. The summed E-state index contributed by atoms with van der Waals surface area (Å²) in [5.74, 6) is 2.07. The van der Waals surface area contributed by atoms with Gasteiger partial charge in [-0.25, -0.2) is 0 Å². The molecule has 0 aromatic rings. The van der Waals surface area contributed by atoms with Crippen molar-refractivity contribution in [1.29, 1.82) is 0 Å². The lowest BCUT2D eigenvalue weighted by molar-refractivity contribution is 0.156. The van der Waals surface area contributed by atoms with Gasteiger partial charge in [-0.2, -0.15) is 0 Å². The molecule has 0 bridgehead atoms. The van der Waals surface area contributed by atoms with Gasteiger partial charge in [-0.15, -0.1) is 0 Å². The van der Waals surface area contributed by atoms with Crippen molar-refractivity contribution in [3.05, 3.63) is 0 Å². The molecule has 2 atom stereocenters. The molecule has 1 fully saturated rings. The Morgan fingerprint density at radius 3 is 2.06 bits per heavy atom. The maximum Gasteiger partial charge on any atom is -0.00179 e. The molecule has 1 heteroatoms. The van der Waals surface area contributed by atoms with Gasteiger partial charge < -0.3 is 5.32 Å². The second-order valence-corrected chi connectivity index (χ2v) is 6.21. The van der Waals surface area contributed by atoms with E-state index in [0.717, 1.165) is 11.8 Å². The average Bonchev–Trinajstić information content (AvgIpc) is 2.36. The Bertz CT molecular complexity index is 178. The molecule has 0 amide bonds. The quantitative estimate of drug-likeness (QED) is 0.474. The highest BCUT2D eigenvalue weighted by Gasteiger charge is 2.29. The van der Waals surface area contributed by atoms with Crippen LogP contribution in [0.15, 0.2) is 0 Å². The molecular formula is C17H35N. The smallest absolute Gasteiger partial charge is 0.00179 e. The van der Waals surface area contributed by atoms with E-state index in [1.807, 2.05) is 0 Å². The SMILES string of the molecule is CCCCCCCCCC1CCC1CNCCC. The Balaban J connectivity index is 1.86. The molecule has 2 unspecified atom stereocenters. The van der Waals surface area contributed by atoms with Gasteiger partial charge in [0.2, 0.25) is 0 Å². The van der Waals surface area contributed by atoms with Crippen molar-refractivity contribution < 1.29 is 0 Å². The fourth-order valence-electron chi connectivity index (χ4n) is 3.11. The minimum Gasteiger partial charge on any atom is -0.316 e. The zero-order valence-corrected chi connectivity index (χ0v) is 12.8. The van der Waals surface area contributed by atoms with Gasteiger partial charge in [0, 0.05) is 0 Å². The van der Waals surface area contributed by atoms with Gasteiger partial charge in [-0.05, 0) is 44.2 Å². The normalized spacial score (nSPS) is 23.0. The molecule has 1 saturated carbocycles. The maximum absolute atomic E-state index is 3.59. The highest BCUT2D eigenvalue weighted by atomic mass is 14.9. The summed E-state index contributed by atoms with van der Waals surface area (Å²) in [6, 6.07) is 0. The molecule has 0 aromatic carbocycles. The highest BCUT2D eigenvalue weighted by Crippen LogP contribution is 2.37. The van der Waals surface area contributed by atoms with Crippen LogP contribution < -0.4 is 5.32 Å². The van der Waals surface area contributed by atoms with Crippen molar-refractivity contribution in [2.45, 2.75) is 84.5 Å². The Morgan fingerprint density at radius 1 is 0.778 bits per heavy atom. The molecule has 0 spiro atoms. The van der Waals surface area contributed by atoms with Gasteiger partial charge in [0.05, 0.1) is 0 Å². The fraction of sp³-hybridized carbons (Fsp3) is 1.00. The number of hydrogen-bond donors (Lipinski definition) is 1. The average molecular weight is 253 g/mol. The largest absolute Gasteiger partial charge is 0.316 e. The van der Waals surface area contributed by atoms with Crippen LogP contribution in [0.5, 0.6) is 0 Å². The lowest BCUT2D eigenvalue weighted by Crippen LogP contribution is -2.35. The number of nitrogens with one attached hydrogen (secondary N) is 1. The Kier molecular flexibility index (Phi) is 9.65. The number of hydrogen-bond acceptors (Lipinski definition) is 1. The first kappa shape index (κ1) is 16.0. The summed E-state index contributed by atoms with van der Waals surface area (Å²) >= 11 is 0. The van der Waals surface area contributed by atoms with Crippen molar-refractivity contribution in [2.75, 3.05) is 13.1 Å². The molecule has 0 heterocycles. The lowest BCUT2D eigenvalue weighted by Gasteiger charge is -2.37. The van der Waals surface area contributed by atoms with E-state index in [-0.39, 0.29) is 0 Å². The van der Waals surface area contributed by atoms with Crippen LogP contribution >= 0.6 is 0 Å². The van der Waals surface area contributed by atoms with Gasteiger partial charge in [0.15, 0.2) is 0 Å². The van der Waals surface area contributed by atoms with Gasteiger partial charge >= 0.3 is 0 Å². The molecule has 1 rings (SSSR count). The van der Waals surface area contributed by atoms with Crippen LogP contribution in [0.2, 0.25) is 0 Å². The monoisotopic (exact) mass is 253 g/mol. The molecule has 1 N–H and O–H groups in total. The van der Waals surface area contributed by atoms with Crippen molar-refractivity contribution in [3.8, 4) is 0 Å². The minimum absolute atomic E-state index is 1.01. The van der Waals surface area contributed by atoms with Gasteiger partial charge in [0.1, 0.15) is 0 Å². The third kappa shape index (κ3) is 6.78. The highest BCUT2D eigenvalue weighted by molar-refractivity contribution is 4.82. The van der Waals surface area contributed by atoms with E-state index in [0.29, 0.717) is 0 Å². The molecule has 1 aliphatic rings. The van der Waals surface area contributed by atoms with Crippen molar-refractivity contribution in [3.63, 3.8) is 0 Å². The lowest BCUT2D eigenvalue weighted by atomic mass is 9.71. The molecule has 1 aliphatic carbocycles.